The molecule has 2 amide bonds. The fourth-order valence-electron chi connectivity index (χ4n) is 2.56. The molecule has 0 radical (unpaired) electrons. The number of halogens is 1. The molecule has 126 valence electrons. The van der Waals surface area contributed by atoms with Crippen LogP contribution in [-0.2, 0) is 16.0 Å². The Morgan fingerprint density at radius 2 is 1.83 bits per heavy atom. The fraction of sp³-hybridized carbons (Fsp3) is 0.263. The largest absolute Gasteiger partial charge is 0.324 e. The zero-order chi connectivity index (χ0) is 17.7. The average Bonchev–Trinajstić information content (AvgIpc) is 2.55. The summed E-state index contributed by atoms with van der Waals surface area (Å²) in [5, 5.41) is 3.36. The molecule has 4 nitrogen and oxygen atoms in total. The Hall–Kier alpha value is -2.33. The van der Waals surface area contributed by atoms with Crippen molar-refractivity contribution >= 4 is 34.8 Å². The van der Waals surface area contributed by atoms with E-state index in [-0.39, 0.29) is 18.4 Å². The van der Waals surface area contributed by atoms with Crippen LogP contribution in [0.25, 0.3) is 0 Å². The first kappa shape index (κ1) is 18.0. The molecule has 0 heterocycles. The topological polar surface area (TPSA) is 49.4 Å². The number of nitrogens with one attached hydrogen (secondary N) is 1. The quantitative estimate of drug-likeness (QED) is 0.883. The number of benzene rings is 2. The molecule has 0 unspecified atom stereocenters. The van der Waals surface area contributed by atoms with E-state index >= 15 is 0 Å². The number of aryl methyl sites for hydroxylation is 2. The number of carbonyl (C=O) groups is 2. The van der Waals surface area contributed by atoms with Crippen molar-refractivity contribution in [1.82, 2.24) is 0 Å². The van der Waals surface area contributed by atoms with Gasteiger partial charge in [-0.1, -0.05) is 48.9 Å². The molecule has 2 rings (SSSR count). The molecule has 0 aliphatic rings. The second kappa shape index (κ2) is 7.97. The van der Waals surface area contributed by atoms with Crippen molar-refractivity contribution in [1.29, 1.82) is 0 Å². The third-order valence-electron chi connectivity index (χ3n) is 3.83. The molecular weight excluding hydrogens is 324 g/mol. The summed E-state index contributed by atoms with van der Waals surface area (Å²) in [7, 11) is 0. The van der Waals surface area contributed by atoms with Crippen molar-refractivity contribution in [2.45, 2.75) is 27.2 Å². The van der Waals surface area contributed by atoms with E-state index in [0.717, 1.165) is 23.2 Å². The number of hydrogen-bond donors (Lipinski definition) is 1. The summed E-state index contributed by atoms with van der Waals surface area (Å²) in [6, 6.07) is 12.9. The minimum absolute atomic E-state index is 0.0868. The third kappa shape index (κ3) is 4.15. The van der Waals surface area contributed by atoms with Gasteiger partial charge in [0.2, 0.25) is 11.8 Å². The van der Waals surface area contributed by atoms with E-state index in [4.69, 9.17) is 11.6 Å². The van der Waals surface area contributed by atoms with Crippen molar-refractivity contribution in [2.24, 2.45) is 0 Å². The molecule has 0 bridgehead atoms. The summed E-state index contributed by atoms with van der Waals surface area (Å²) >= 11 is 6.15. The maximum Gasteiger partial charge on any atom is 0.244 e. The lowest BCUT2D eigenvalue weighted by Crippen LogP contribution is -2.37. The van der Waals surface area contributed by atoms with E-state index in [0.29, 0.717) is 10.7 Å². The molecule has 0 atom stereocenters. The number of amides is 2. The Bertz CT molecular complexity index is 759. The van der Waals surface area contributed by atoms with Crippen LogP contribution >= 0.6 is 11.6 Å². The molecule has 0 fully saturated rings. The van der Waals surface area contributed by atoms with Crippen LogP contribution in [0.15, 0.2) is 42.5 Å². The first-order valence-corrected chi connectivity index (χ1v) is 8.22. The van der Waals surface area contributed by atoms with E-state index in [1.807, 2.05) is 32.0 Å². The zero-order valence-electron chi connectivity index (χ0n) is 14.1. The predicted molar refractivity (Wildman–Crippen MR) is 98.7 cm³/mol. The molecule has 0 saturated carbocycles. The smallest absolute Gasteiger partial charge is 0.244 e. The van der Waals surface area contributed by atoms with Gasteiger partial charge in [-0.05, 0) is 36.6 Å². The molecule has 24 heavy (non-hydrogen) atoms. The van der Waals surface area contributed by atoms with Crippen molar-refractivity contribution in [3.8, 4) is 0 Å². The van der Waals surface area contributed by atoms with Crippen LogP contribution in [0.5, 0.6) is 0 Å². The Kier molecular flexibility index (Phi) is 5.99. The summed E-state index contributed by atoms with van der Waals surface area (Å²) in [6.45, 7) is 5.32. The number of anilines is 2. The molecule has 0 aliphatic carbocycles. The minimum Gasteiger partial charge on any atom is -0.324 e. The molecule has 0 spiro atoms. The lowest BCUT2D eigenvalue weighted by atomic mass is 10.1. The molecule has 1 N–H and O–H groups in total. The summed E-state index contributed by atoms with van der Waals surface area (Å²) in [6.07, 6.45) is 0.818. The summed E-state index contributed by atoms with van der Waals surface area (Å²) < 4.78 is 0. The van der Waals surface area contributed by atoms with Crippen LogP contribution in [0.2, 0.25) is 5.02 Å². The number of carbonyl (C=O) groups excluding carboxylic acids is 2. The van der Waals surface area contributed by atoms with Gasteiger partial charge in [-0.15, -0.1) is 0 Å². The highest BCUT2D eigenvalue weighted by Gasteiger charge is 2.19. The van der Waals surface area contributed by atoms with Gasteiger partial charge in [0.1, 0.15) is 6.54 Å². The number of rotatable bonds is 5. The number of para-hydroxylation sites is 2. The van der Waals surface area contributed by atoms with E-state index in [1.165, 1.54) is 11.8 Å². The molecule has 0 aliphatic heterocycles. The minimum atomic E-state index is -0.255. The Labute approximate surface area is 147 Å². The Morgan fingerprint density at radius 3 is 2.46 bits per heavy atom. The van der Waals surface area contributed by atoms with Gasteiger partial charge in [0.15, 0.2) is 0 Å². The Morgan fingerprint density at radius 1 is 1.12 bits per heavy atom. The van der Waals surface area contributed by atoms with Gasteiger partial charge >= 0.3 is 0 Å². The summed E-state index contributed by atoms with van der Waals surface area (Å²) in [5.74, 6) is -0.493. The highest BCUT2D eigenvalue weighted by Crippen LogP contribution is 2.26. The number of nitrogens with zero attached hydrogens (tertiary/aromatic N) is 1. The standard InChI is InChI=1S/C19H21ClN2O2/c1-4-15-9-7-8-13(2)19(15)21-18(24)12-22(14(3)23)17-11-6-5-10-16(17)20/h5-11H,4,12H2,1-3H3,(H,21,24). The van der Waals surface area contributed by atoms with E-state index in [2.05, 4.69) is 5.32 Å². The summed E-state index contributed by atoms with van der Waals surface area (Å²) in [4.78, 5) is 25.8. The van der Waals surface area contributed by atoms with Gasteiger partial charge in [-0.25, -0.2) is 0 Å². The van der Waals surface area contributed by atoms with Crippen LogP contribution in [0, 0.1) is 6.92 Å². The third-order valence-corrected chi connectivity index (χ3v) is 4.15. The van der Waals surface area contributed by atoms with Gasteiger partial charge in [0.25, 0.3) is 0 Å². The van der Waals surface area contributed by atoms with Gasteiger partial charge in [0, 0.05) is 12.6 Å². The molecule has 2 aromatic carbocycles. The lowest BCUT2D eigenvalue weighted by Gasteiger charge is -2.22. The van der Waals surface area contributed by atoms with E-state index in [1.54, 1.807) is 24.3 Å². The monoisotopic (exact) mass is 344 g/mol. The van der Waals surface area contributed by atoms with Crippen LogP contribution in [0.4, 0.5) is 11.4 Å². The van der Waals surface area contributed by atoms with Crippen molar-refractivity contribution in [3.63, 3.8) is 0 Å². The first-order chi connectivity index (χ1) is 11.4. The lowest BCUT2D eigenvalue weighted by molar-refractivity contribution is -0.120. The van der Waals surface area contributed by atoms with Crippen molar-refractivity contribution in [3.05, 3.63) is 58.6 Å². The van der Waals surface area contributed by atoms with Crippen molar-refractivity contribution < 1.29 is 9.59 Å². The van der Waals surface area contributed by atoms with Crippen LogP contribution < -0.4 is 10.2 Å². The van der Waals surface area contributed by atoms with Crippen LogP contribution in [0.1, 0.15) is 25.0 Å². The highest BCUT2D eigenvalue weighted by molar-refractivity contribution is 6.33. The van der Waals surface area contributed by atoms with Crippen LogP contribution in [0.3, 0.4) is 0 Å². The second-order valence-corrected chi connectivity index (χ2v) is 5.97. The molecule has 0 aromatic heterocycles. The molecular formula is C19H21ClN2O2. The first-order valence-electron chi connectivity index (χ1n) is 7.85. The second-order valence-electron chi connectivity index (χ2n) is 5.57. The van der Waals surface area contributed by atoms with Crippen LogP contribution in [-0.4, -0.2) is 18.4 Å². The molecule has 0 saturated heterocycles. The number of hydrogen-bond acceptors (Lipinski definition) is 2. The van der Waals surface area contributed by atoms with Gasteiger partial charge < -0.3 is 10.2 Å². The zero-order valence-corrected chi connectivity index (χ0v) is 14.9. The van der Waals surface area contributed by atoms with Gasteiger partial charge in [0.05, 0.1) is 10.7 Å². The predicted octanol–water partition coefficient (Wildman–Crippen LogP) is 4.20. The fourth-order valence-corrected chi connectivity index (χ4v) is 2.80. The molecule has 5 heteroatoms. The van der Waals surface area contributed by atoms with E-state index < -0.39 is 0 Å². The molecule has 2 aromatic rings. The summed E-state index contributed by atoms with van der Waals surface area (Å²) in [5.41, 5.74) is 3.40. The highest BCUT2D eigenvalue weighted by atomic mass is 35.5. The normalized spacial score (nSPS) is 10.3. The SMILES string of the molecule is CCc1cccc(C)c1NC(=O)CN(C(C)=O)c1ccccc1Cl. The van der Waals surface area contributed by atoms with Gasteiger partial charge in [-0.3, -0.25) is 9.59 Å². The Balaban J connectivity index is 2.21. The maximum atomic E-state index is 12.5. The van der Waals surface area contributed by atoms with Gasteiger partial charge in [-0.2, -0.15) is 0 Å². The average molecular weight is 345 g/mol. The maximum absolute atomic E-state index is 12.5. The van der Waals surface area contributed by atoms with Crippen molar-refractivity contribution in [2.75, 3.05) is 16.8 Å². The van der Waals surface area contributed by atoms with E-state index in [9.17, 15) is 9.59 Å².